The van der Waals surface area contributed by atoms with Crippen molar-refractivity contribution in [3.05, 3.63) is 102 Å². The molecule has 1 aromatic heterocycles. The van der Waals surface area contributed by atoms with Crippen molar-refractivity contribution in [2.45, 2.75) is 13.5 Å². The fourth-order valence-corrected chi connectivity index (χ4v) is 3.98. The van der Waals surface area contributed by atoms with Gasteiger partial charge < -0.3 is 0 Å². The summed E-state index contributed by atoms with van der Waals surface area (Å²) in [5.41, 5.74) is 9.40. The Hall–Kier alpha value is -3.26. The Morgan fingerprint density at radius 1 is 0.741 bits per heavy atom. The highest BCUT2D eigenvalue weighted by Crippen LogP contribution is 2.33. The average Bonchev–Trinajstić information content (AvgIpc) is 3.04. The number of fused-ring (bicyclic) bond motifs is 3. The quantitative estimate of drug-likeness (QED) is 0.354. The Balaban J connectivity index is 1.57. The van der Waals surface area contributed by atoms with E-state index < -0.39 is 0 Å². The van der Waals surface area contributed by atoms with Crippen molar-refractivity contribution in [3.63, 3.8) is 0 Å². The molecule has 2 heterocycles. The van der Waals surface area contributed by atoms with E-state index in [1.165, 1.54) is 27.8 Å². The van der Waals surface area contributed by atoms with Crippen molar-refractivity contribution in [3.8, 4) is 33.5 Å². The molecule has 0 aliphatic carbocycles. The van der Waals surface area contributed by atoms with E-state index in [0.717, 1.165) is 23.4 Å². The molecule has 27 heavy (non-hydrogen) atoms. The van der Waals surface area contributed by atoms with Gasteiger partial charge in [-0.05, 0) is 47.4 Å². The van der Waals surface area contributed by atoms with Gasteiger partial charge in [0.15, 0.2) is 12.7 Å². The van der Waals surface area contributed by atoms with Gasteiger partial charge in [-0.2, -0.15) is 4.57 Å². The number of aryl methyl sites for hydroxylation is 1. The van der Waals surface area contributed by atoms with Crippen LogP contribution in [0.1, 0.15) is 11.1 Å². The highest BCUT2D eigenvalue weighted by molar-refractivity contribution is 5.75. The lowest BCUT2D eigenvalue weighted by Gasteiger charge is -2.08. The van der Waals surface area contributed by atoms with Crippen molar-refractivity contribution in [2.75, 3.05) is 0 Å². The second-order valence-electron chi connectivity index (χ2n) is 7.13. The second kappa shape index (κ2) is 6.17. The SMILES string of the molecule is Cc1c[n+]2c(cc1-c1ccc(-c3ccccc3)cc1)-c1ccc(F)cc1C2. The van der Waals surface area contributed by atoms with Gasteiger partial charge in [-0.15, -0.1) is 0 Å². The van der Waals surface area contributed by atoms with Gasteiger partial charge >= 0.3 is 0 Å². The molecule has 0 amide bonds. The summed E-state index contributed by atoms with van der Waals surface area (Å²) in [6, 6.07) is 26.4. The largest absolute Gasteiger partial charge is 0.213 e. The Morgan fingerprint density at radius 2 is 1.44 bits per heavy atom. The Morgan fingerprint density at radius 3 is 2.22 bits per heavy atom. The first-order chi connectivity index (χ1) is 13.2. The number of hydrogen-bond donors (Lipinski definition) is 0. The van der Waals surface area contributed by atoms with Crippen molar-refractivity contribution < 1.29 is 8.96 Å². The molecule has 0 saturated heterocycles. The lowest BCUT2D eigenvalue weighted by atomic mass is 9.97. The number of benzene rings is 3. The monoisotopic (exact) mass is 352 g/mol. The van der Waals surface area contributed by atoms with E-state index in [1.807, 2.05) is 12.1 Å². The molecule has 3 aromatic carbocycles. The van der Waals surface area contributed by atoms with E-state index >= 15 is 0 Å². The predicted molar refractivity (Wildman–Crippen MR) is 107 cm³/mol. The van der Waals surface area contributed by atoms with Gasteiger partial charge in [0.1, 0.15) is 5.82 Å². The van der Waals surface area contributed by atoms with E-state index in [0.29, 0.717) is 0 Å². The van der Waals surface area contributed by atoms with Crippen LogP contribution in [0.15, 0.2) is 85.1 Å². The summed E-state index contributed by atoms with van der Waals surface area (Å²) in [6.45, 7) is 2.87. The first kappa shape index (κ1) is 16.0. The van der Waals surface area contributed by atoms with E-state index in [9.17, 15) is 4.39 Å². The van der Waals surface area contributed by atoms with Gasteiger partial charge in [0.25, 0.3) is 0 Å². The van der Waals surface area contributed by atoms with Gasteiger partial charge in [0.05, 0.1) is 5.56 Å². The van der Waals surface area contributed by atoms with Crippen molar-refractivity contribution in [2.24, 2.45) is 0 Å². The molecule has 0 spiro atoms. The summed E-state index contributed by atoms with van der Waals surface area (Å²) >= 11 is 0. The molecular weight excluding hydrogens is 333 g/mol. The number of halogens is 1. The third kappa shape index (κ3) is 2.74. The van der Waals surface area contributed by atoms with Gasteiger partial charge in [-0.25, -0.2) is 4.39 Å². The molecule has 0 N–H and O–H groups in total. The first-order valence-corrected chi connectivity index (χ1v) is 9.18. The number of pyridine rings is 1. The van der Waals surface area contributed by atoms with E-state index in [4.69, 9.17) is 0 Å². The van der Waals surface area contributed by atoms with Crippen LogP contribution in [0.3, 0.4) is 0 Å². The molecule has 0 unspecified atom stereocenters. The standard InChI is InChI=1S/C25H19FN/c1-17-15-27-16-21-13-22(26)11-12-23(21)25(27)14-24(17)20-9-7-19(8-10-20)18-5-3-2-4-6-18/h2-15H,16H2,1H3/q+1. The van der Waals surface area contributed by atoms with Gasteiger partial charge in [0, 0.05) is 17.2 Å². The van der Waals surface area contributed by atoms with Crippen LogP contribution < -0.4 is 4.57 Å². The summed E-state index contributed by atoms with van der Waals surface area (Å²) in [7, 11) is 0. The van der Waals surface area contributed by atoms with Crippen LogP contribution in [0.5, 0.6) is 0 Å². The number of nitrogens with zero attached hydrogens (tertiary/aromatic N) is 1. The molecular formula is C25H19FN+. The summed E-state index contributed by atoms with van der Waals surface area (Å²) in [5, 5.41) is 0. The highest BCUT2D eigenvalue weighted by Gasteiger charge is 2.27. The second-order valence-corrected chi connectivity index (χ2v) is 7.13. The van der Waals surface area contributed by atoms with E-state index in [-0.39, 0.29) is 5.82 Å². The van der Waals surface area contributed by atoms with Crippen LogP contribution in [0, 0.1) is 12.7 Å². The van der Waals surface area contributed by atoms with Crippen LogP contribution >= 0.6 is 0 Å². The van der Waals surface area contributed by atoms with Gasteiger partial charge in [-0.1, -0.05) is 54.6 Å². The molecule has 5 rings (SSSR count). The molecule has 0 saturated carbocycles. The van der Waals surface area contributed by atoms with E-state index in [1.54, 1.807) is 12.1 Å². The number of hydrogen-bond acceptors (Lipinski definition) is 0. The fourth-order valence-electron chi connectivity index (χ4n) is 3.98. The molecule has 1 aliphatic rings. The maximum atomic E-state index is 13.6. The van der Waals surface area contributed by atoms with Crippen molar-refractivity contribution in [1.82, 2.24) is 0 Å². The minimum absolute atomic E-state index is 0.171. The van der Waals surface area contributed by atoms with Crippen LogP contribution in [-0.4, -0.2) is 0 Å². The molecule has 2 heteroatoms. The maximum Gasteiger partial charge on any atom is 0.213 e. The van der Waals surface area contributed by atoms with Gasteiger partial charge in [-0.3, -0.25) is 0 Å². The maximum absolute atomic E-state index is 13.6. The number of aromatic nitrogens is 1. The average molecular weight is 352 g/mol. The van der Waals surface area contributed by atoms with Crippen molar-refractivity contribution in [1.29, 1.82) is 0 Å². The molecule has 130 valence electrons. The Bertz CT molecular complexity index is 1150. The third-order valence-electron chi connectivity index (χ3n) is 5.35. The van der Waals surface area contributed by atoms with Crippen LogP contribution in [0.4, 0.5) is 4.39 Å². The minimum Gasteiger partial charge on any atom is -0.207 e. The zero-order valence-electron chi connectivity index (χ0n) is 15.1. The molecule has 1 nitrogen and oxygen atoms in total. The zero-order chi connectivity index (χ0) is 18.4. The Kier molecular flexibility index (Phi) is 3.64. The zero-order valence-corrected chi connectivity index (χ0v) is 15.1. The molecule has 1 aliphatic heterocycles. The smallest absolute Gasteiger partial charge is 0.207 e. The summed E-state index contributed by atoms with van der Waals surface area (Å²) < 4.78 is 15.8. The molecule has 0 bridgehead atoms. The Labute approximate surface area is 158 Å². The third-order valence-corrected chi connectivity index (χ3v) is 5.35. The highest BCUT2D eigenvalue weighted by atomic mass is 19.1. The molecule has 0 radical (unpaired) electrons. The molecule has 0 atom stereocenters. The molecule has 4 aromatic rings. The normalized spacial score (nSPS) is 11.9. The van der Waals surface area contributed by atoms with Crippen LogP contribution in [-0.2, 0) is 6.54 Å². The first-order valence-electron chi connectivity index (χ1n) is 9.18. The van der Waals surface area contributed by atoms with Crippen LogP contribution in [0.25, 0.3) is 33.5 Å². The van der Waals surface area contributed by atoms with E-state index in [2.05, 4.69) is 72.3 Å². The van der Waals surface area contributed by atoms with Gasteiger partial charge in [0.2, 0.25) is 5.69 Å². The summed E-state index contributed by atoms with van der Waals surface area (Å²) in [4.78, 5) is 0. The molecule has 0 fully saturated rings. The fraction of sp³-hybridized carbons (Fsp3) is 0.0800. The summed E-state index contributed by atoms with van der Waals surface area (Å²) in [5.74, 6) is -0.171. The number of rotatable bonds is 2. The lowest BCUT2D eigenvalue weighted by Crippen LogP contribution is -2.32. The van der Waals surface area contributed by atoms with Crippen molar-refractivity contribution >= 4 is 0 Å². The summed E-state index contributed by atoms with van der Waals surface area (Å²) in [6.07, 6.45) is 2.17. The minimum atomic E-state index is -0.171. The lowest BCUT2D eigenvalue weighted by molar-refractivity contribution is -0.672. The van der Waals surface area contributed by atoms with Crippen LogP contribution in [0.2, 0.25) is 0 Å². The predicted octanol–water partition coefficient (Wildman–Crippen LogP) is 5.78. The topological polar surface area (TPSA) is 3.88 Å².